The van der Waals surface area contributed by atoms with Crippen LogP contribution in [0.2, 0.25) is 0 Å². The molecular weight excluding hydrogens is 274 g/mol. The second kappa shape index (κ2) is 8.50. The largest absolute Gasteiger partial charge is 0.490 e. The van der Waals surface area contributed by atoms with Gasteiger partial charge in [-0.15, -0.1) is 0 Å². The van der Waals surface area contributed by atoms with Gasteiger partial charge in [-0.25, -0.2) is 4.98 Å². The molecule has 0 aliphatic heterocycles. The van der Waals surface area contributed by atoms with E-state index in [9.17, 15) is 0 Å². The van der Waals surface area contributed by atoms with Crippen molar-refractivity contribution in [3.63, 3.8) is 0 Å². The van der Waals surface area contributed by atoms with Crippen LogP contribution in [0.25, 0.3) is 0 Å². The van der Waals surface area contributed by atoms with E-state index in [1.165, 1.54) is 0 Å². The van der Waals surface area contributed by atoms with Crippen LogP contribution in [0.5, 0.6) is 5.75 Å². The molecule has 5 heteroatoms. The van der Waals surface area contributed by atoms with Gasteiger partial charge in [0.25, 0.3) is 0 Å². The van der Waals surface area contributed by atoms with Gasteiger partial charge in [-0.3, -0.25) is 0 Å². The molecule has 0 spiro atoms. The van der Waals surface area contributed by atoms with Crippen LogP contribution in [0.1, 0.15) is 6.42 Å². The van der Waals surface area contributed by atoms with Crippen molar-refractivity contribution < 1.29 is 14.2 Å². The van der Waals surface area contributed by atoms with Crippen molar-refractivity contribution in [1.29, 1.82) is 0 Å². The fourth-order valence-corrected chi connectivity index (χ4v) is 1.31. The fourth-order valence-electron chi connectivity index (χ4n) is 1.07. The Balaban J connectivity index is 2.01. The number of rotatable bonds is 8. The average Bonchev–Trinajstić information content (AvgIpc) is 2.30. The van der Waals surface area contributed by atoms with Gasteiger partial charge in [-0.1, -0.05) is 0 Å². The zero-order valence-corrected chi connectivity index (χ0v) is 10.9. The number of methoxy groups -OCH3 is 1. The number of hydrogen-bond acceptors (Lipinski definition) is 4. The summed E-state index contributed by atoms with van der Waals surface area (Å²) in [6.07, 6.45) is 2.59. The topological polar surface area (TPSA) is 40.6 Å². The maximum absolute atomic E-state index is 5.43. The molecule has 0 unspecified atom stereocenters. The zero-order chi connectivity index (χ0) is 11.6. The Hall–Kier alpha value is -0.650. The molecule has 0 saturated carbocycles. The Morgan fingerprint density at radius 1 is 1.19 bits per heavy atom. The summed E-state index contributed by atoms with van der Waals surface area (Å²) in [5.41, 5.74) is 0. The molecule has 0 aliphatic rings. The van der Waals surface area contributed by atoms with Crippen LogP contribution in [0.4, 0.5) is 0 Å². The predicted octanol–water partition coefficient (Wildman–Crippen LogP) is 2.28. The van der Waals surface area contributed by atoms with Gasteiger partial charge in [0.15, 0.2) is 0 Å². The van der Waals surface area contributed by atoms with Gasteiger partial charge in [-0.2, -0.15) is 0 Å². The molecule has 16 heavy (non-hydrogen) atoms. The second-order valence-corrected chi connectivity index (χ2v) is 3.94. The van der Waals surface area contributed by atoms with Crippen LogP contribution in [0.15, 0.2) is 22.9 Å². The van der Waals surface area contributed by atoms with E-state index in [1.807, 2.05) is 12.1 Å². The summed E-state index contributed by atoms with van der Waals surface area (Å²) in [5, 5.41) is 0. The average molecular weight is 290 g/mol. The summed E-state index contributed by atoms with van der Waals surface area (Å²) >= 11 is 3.26. The van der Waals surface area contributed by atoms with Crippen LogP contribution in [-0.2, 0) is 9.47 Å². The summed E-state index contributed by atoms with van der Waals surface area (Å²) in [7, 11) is 1.68. The van der Waals surface area contributed by atoms with Crippen molar-refractivity contribution in [3.8, 4) is 5.75 Å². The van der Waals surface area contributed by atoms with Crippen LogP contribution < -0.4 is 4.74 Å². The van der Waals surface area contributed by atoms with E-state index in [-0.39, 0.29) is 0 Å². The molecule has 0 atom stereocenters. The number of aromatic nitrogens is 1. The minimum absolute atomic E-state index is 0.538. The summed E-state index contributed by atoms with van der Waals surface area (Å²) in [5.74, 6) is 0.753. The Morgan fingerprint density at radius 2 is 2.06 bits per heavy atom. The third kappa shape index (κ3) is 6.05. The first-order valence-electron chi connectivity index (χ1n) is 5.14. The van der Waals surface area contributed by atoms with Gasteiger partial charge in [0.05, 0.1) is 12.8 Å². The molecule has 0 N–H and O–H groups in total. The molecular formula is C11H16BrNO3. The molecule has 0 aromatic carbocycles. The van der Waals surface area contributed by atoms with Crippen LogP contribution in [0.3, 0.4) is 0 Å². The Labute approximate surface area is 104 Å². The summed E-state index contributed by atoms with van der Waals surface area (Å²) in [4.78, 5) is 4.05. The van der Waals surface area contributed by atoms with Gasteiger partial charge in [0.1, 0.15) is 17.0 Å². The number of halogens is 1. The quantitative estimate of drug-likeness (QED) is 0.544. The third-order valence-corrected chi connectivity index (χ3v) is 2.30. The minimum atomic E-state index is 0.538. The highest BCUT2D eigenvalue weighted by Crippen LogP contribution is 2.12. The first-order chi connectivity index (χ1) is 7.83. The normalized spacial score (nSPS) is 10.4. The van der Waals surface area contributed by atoms with Crippen molar-refractivity contribution in [2.45, 2.75) is 6.42 Å². The van der Waals surface area contributed by atoms with E-state index >= 15 is 0 Å². The van der Waals surface area contributed by atoms with Crippen molar-refractivity contribution in [3.05, 3.63) is 22.9 Å². The highest BCUT2D eigenvalue weighted by molar-refractivity contribution is 9.10. The lowest BCUT2D eigenvalue weighted by Gasteiger charge is -2.06. The Bertz CT molecular complexity index is 279. The molecule has 1 aromatic heterocycles. The molecule has 1 aromatic rings. The molecule has 90 valence electrons. The van der Waals surface area contributed by atoms with E-state index in [2.05, 4.69) is 20.9 Å². The number of ether oxygens (including phenoxy) is 3. The third-order valence-electron chi connectivity index (χ3n) is 1.83. The summed E-state index contributed by atoms with van der Waals surface area (Å²) < 4.78 is 16.5. The monoisotopic (exact) mass is 289 g/mol. The first-order valence-corrected chi connectivity index (χ1v) is 5.93. The number of hydrogen-bond donors (Lipinski definition) is 0. The Morgan fingerprint density at radius 3 is 2.75 bits per heavy atom. The van der Waals surface area contributed by atoms with Crippen molar-refractivity contribution in [2.75, 3.05) is 33.5 Å². The van der Waals surface area contributed by atoms with Gasteiger partial charge < -0.3 is 14.2 Å². The van der Waals surface area contributed by atoms with Crippen molar-refractivity contribution in [1.82, 2.24) is 4.98 Å². The van der Waals surface area contributed by atoms with E-state index in [1.54, 1.807) is 13.3 Å². The maximum atomic E-state index is 5.43. The lowest BCUT2D eigenvalue weighted by atomic mass is 10.5. The van der Waals surface area contributed by atoms with E-state index in [0.29, 0.717) is 19.8 Å². The molecule has 0 bridgehead atoms. The summed E-state index contributed by atoms with van der Waals surface area (Å²) in [6.45, 7) is 2.56. The zero-order valence-electron chi connectivity index (χ0n) is 9.32. The van der Waals surface area contributed by atoms with Crippen molar-refractivity contribution >= 4 is 15.9 Å². The van der Waals surface area contributed by atoms with E-state index in [0.717, 1.165) is 23.4 Å². The van der Waals surface area contributed by atoms with E-state index in [4.69, 9.17) is 14.2 Å². The van der Waals surface area contributed by atoms with Crippen molar-refractivity contribution in [2.24, 2.45) is 0 Å². The molecule has 0 fully saturated rings. The summed E-state index contributed by atoms with van der Waals surface area (Å²) in [6, 6.07) is 3.71. The fraction of sp³-hybridized carbons (Fsp3) is 0.545. The molecule has 1 heterocycles. The van der Waals surface area contributed by atoms with E-state index < -0.39 is 0 Å². The number of nitrogens with zero attached hydrogens (tertiary/aromatic N) is 1. The molecule has 0 radical (unpaired) electrons. The van der Waals surface area contributed by atoms with Gasteiger partial charge >= 0.3 is 0 Å². The molecule has 0 saturated heterocycles. The highest BCUT2D eigenvalue weighted by Gasteiger charge is 1.94. The molecule has 4 nitrogen and oxygen atoms in total. The first kappa shape index (κ1) is 13.4. The van der Waals surface area contributed by atoms with Crippen LogP contribution in [-0.4, -0.2) is 38.5 Å². The van der Waals surface area contributed by atoms with Gasteiger partial charge in [0, 0.05) is 20.3 Å². The Kier molecular flexibility index (Phi) is 7.12. The standard InChI is InChI=1S/C11H16BrNO3/c1-14-5-2-6-15-7-8-16-10-3-4-11(12)13-9-10/h3-4,9H,2,5-8H2,1H3. The highest BCUT2D eigenvalue weighted by atomic mass is 79.9. The maximum Gasteiger partial charge on any atom is 0.137 e. The minimum Gasteiger partial charge on any atom is -0.490 e. The lowest BCUT2D eigenvalue weighted by molar-refractivity contribution is 0.0805. The van der Waals surface area contributed by atoms with Gasteiger partial charge in [-0.05, 0) is 34.5 Å². The smallest absolute Gasteiger partial charge is 0.137 e. The SMILES string of the molecule is COCCCOCCOc1ccc(Br)nc1. The second-order valence-electron chi connectivity index (χ2n) is 3.12. The number of pyridine rings is 1. The lowest BCUT2D eigenvalue weighted by Crippen LogP contribution is -2.08. The predicted molar refractivity (Wildman–Crippen MR) is 64.7 cm³/mol. The van der Waals surface area contributed by atoms with Gasteiger partial charge in [0.2, 0.25) is 0 Å². The van der Waals surface area contributed by atoms with Crippen LogP contribution >= 0.6 is 15.9 Å². The molecule has 1 rings (SSSR count). The molecule has 0 amide bonds. The van der Waals surface area contributed by atoms with Crippen LogP contribution in [0, 0.1) is 0 Å². The molecule has 0 aliphatic carbocycles.